The number of benzene rings is 2. The second-order valence-electron chi connectivity index (χ2n) is 10.7. The van der Waals surface area contributed by atoms with Gasteiger partial charge in [0.15, 0.2) is 11.1 Å². The molecule has 0 bridgehead atoms. The molecule has 2 aromatic carbocycles. The van der Waals surface area contributed by atoms with Crippen LogP contribution in [0.1, 0.15) is 49.3 Å². The molecule has 10 nitrogen and oxygen atoms in total. The van der Waals surface area contributed by atoms with Crippen molar-refractivity contribution in [2.75, 3.05) is 29.9 Å². The molecule has 2 fully saturated rings. The average molecular weight is 566 g/mol. The van der Waals surface area contributed by atoms with Crippen molar-refractivity contribution in [3.8, 4) is 0 Å². The van der Waals surface area contributed by atoms with E-state index in [-0.39, 0.29) is 29.6 Å². The van der Waals surface area contributed by atoms with Gasteiger partial charge in [-0.05, 0) is 80.0 Å². The lowest BCUT2D eigenvalue weighted by Crippen LogP contribution is -2.41. The van der Waals surface area contributed by atoms with E-state index in [1.54, 1.807) is 24.3 Å². The molecule has 2 atom stereocenters. The molecule has 5 rings (SSSR count). The average Bonchev–Trinajstić information content (AvgIpc) is 3.24. The van der Waals surface area contributed by atoms with E-state index in [2.05, 4.69) is 46.0 Å². The first-order valence-electron chi connectivity index (χ1n) is 13.7. The van der Waals surface area contributed by atoms with E-state index in [4.69, 9.17) is 4.55 Å². The maximum atomic E-state index is 12.4. The molecule has 2 saturated heterocycles. The van der Waals surface area contributed by atoms with Gasteiger partial charge in [0, 0.05) is 54.5 Å². The van der Waals surface area contributed by atoms with Gasteiger partial charge in [-0.25, -0.2) is 9.00 Å². The number of hydrogen-bond acceptors (Lipinski definition) is 5. The van der Waals surface area contributed by atoms with Crippen molar-refractivity contribution in [2.45, 2.75) is 50.8 Å². The number of amides is 4. The van der Waals surface area contributed by atoms with Gasteiger partial charge in [-0.1, -0.05) is 12.1 Å². The maximum Gasteiger partial charge on any atom is 0.319 e. The Balaban J connectivity index is 1.11. The minimum Gasteiger partial charge on any atom is -0.371 e. The van der Waals surface area contributed by atoms with Crippen LogP contribution < -0.4 is 20.9 Å². The molecule has 11 heteroatoms. The Bertz CT molecular complexity index is 1450. The number of hydrogen-bond donors (Lipinski definition) is 4. The summed E-state index contributed by atoms with van der Waals surface area (Å²) in [5.41, 5.74) is 4.56. The van der Waals surface area contributed by atoms with Gasteiger partial charge in [0.05, 0.1) is 5.75 Å². The summed E-state index contributed by atoms with van der Waals surface area (Å²) in [6.07, 6.45) is 5.86. The first kappa shape index (κ1) is 27.9. The lowest BCUT2D eigenvalue weighted by molar-refractivity contribution is -0.135. The summed E-state index contributed by atoms with van der Waals surface area (Å²) in [7, 11) is 0. The van der Waals surface area contributed by atoms with Crippen molar-refractivity contribution in [3.05, 3.63) is 59.8 Å². The zero-order valence-corrected chi connectivity index (χ0v) is 23.3. The summed E-state index contributed by atoms with van der Waals surface area (Å²) in [6, 6.07) is 12.7. The Morgan fingerprint density at radius 1 is 1.12 bits per heavy atom. The minimum absolute atomic E-state index is 0.0262. The number of fused-ring (bicyclic) bond motifs is 1. The Kier molecular flexibility index (Phi) is 8.51. The van der Waals surface area contributed by atoms with Crippen LogP contribution in [-0.2, 0) is 26.4 Å². The van der Waals surface area contributed by atoms with Gasteiger partial charge in [0.25, 0.3) is 0 Å². The Morgan fingerprint density at radius 2 is 1.93 bits per heavy atom. The van der Waals surface area contributed by atoms with Crippen LogP contribution in [0.15, 0.2) is 48.7 Å². The molecular formula is C29H35N5O5S. The number of carbonyl (C=O) groups excluding carboxylic acids is 3. The zero-order chi connectivity index (χ0) is 28.2. The highest BCUT2D eigenvalue weighted by atomic mass is 32.2. The van der Waals surface area contributed by atoms with Crippen LogP contribution in [0.2, 0.25) is 0 Å². The van der Waals surface area contributed by atoms with Crippen molar-refractivity contribution in [1.82, 2.24) is 15.2 Å². The van der Waals surface area contributed by atoms with Crippen LogP contribution in [0.25, 0.3) is 10.9 Å². The summed E-state index contributed by atoms with van der Waals surface area (Å²) in [4.78, 5) is 38.7. The van der Waals surface area contributed by atoms with Crippen molar-refractivity contribution >= 4 is 51.2 Å². The van der Waals surface area contributed by atoms with Gasteiger partial charge in [-0.2, -0.15) is 0 Å². The molecule has 2 aliphatic heterocycles. The molecule has 40 heavy (non-hydrogen) atoms. The molecule has 2 aliphatic rings. The van der Waals surface area contributed by atoms with E-state index >= 15 is 0 Å². The minimum atomic E-state index is -1.93. The fraction of sp³-hybridized carbons (Fsp3) is 0.414. The predicted molar refractivity (Wildman–Crippen MR) is 156 cm³/mol. The van der Waals surface area contributed by atoms with Gasteiger partial charge in [0.2, 0.25) is 11.8 Å². The summed E-state index contributed by atoms with van der Waals surface area (Å²) >= 11 is -1.93. The van der Waals surface area contributed by atoms with E-state index in [0.29, 0.717) is 36.6 Å². The second-order valence-corrected chi connectivity index (χ2v) is 11.6. The van der Waals surface area contributed by atoms with Gasteiger partial charge in [-0.15, -0.1) is 0 Å². The SMILES string of the molecule is Cc1cn(C2CCC(=O)NC2=O)c2ccc(N3CCC(CCNC(=O)Nc4cccc(CS(=O)O)c4)CC3)cc12. The summed E-state index contributed by atoms with van der Waals surface area (Å²) in [5.74, 6) is 0.106. The number of aromatic nitrogens is 1. The third-order valence-corrected chi connectivity index (χ3v) is 8.43. The number of urea groups is 1. The highest BCUT2D eigenvalue weighted by molar-refractivity contribution is 7.78. The molecule has 0 radical (unpaired) electrons. The molecule has 0 saturated carbocycles. The van der Waals surface area contributed by atoms with E-state index in [9.17, 15) is 18.6 Å². The highest BCUT2D eigenvalue weighted by Gasteiger charge is 2.29. The first-order valence-corrected chi connectivity index (χ1v) is 15.0. The van der Waals surface area contributed by atoms with Crippen LogP contribution in [0, 0.1) is 12.8 Å². The van der Waals surface area contributed by atoms with Crippen LogP contribution in [0.3, 0.4) is 0 Å². The maximum absolute atomic E-state index is 12.4. The van der Waals surface area contributed by atoms with Crippen LogP contribution in [-0.4, -0.2) is 50.8 Å². The quantitative estimate of drug-likeness (QED) is 0.240. The largest absolute Gasteiger partial charge is 0.371 e. The number of imide groups is 1. The Hall–Kier alpha value is -3.70. The van der Waals surface area contributed by atoms with Crippen molar-refractivity contribution in [3.63, 3.8) is 0 Å². The van der Waals surface area contributed by atoms with E-state index in [1.165, 1.54) is 5.69 Å². The molecule has 4 amide bonds. The summed E-state index contributed by atoms with van der Waals surface area (Å²) in [5, 5.41) is 9.29. The number of aryl methyl sites for hydroxylation is 1. The molecule has 4 N–H and O–H groups in total. The van der Waals surface area contributed by atoms with Crippen molar-refractivity contribution in [1.29, 1.82) is 0 Å². The fourth-order valence-electron chi connectivity index (χ4n) is 5.74. The summed E-state index contributed by atoms with van der Waals surface area (Å²) in [6.45, 7) is 4.51. The van der Waals surface area contributed by atoms with E-state index in [1.807, 2.05) is 10.8 Å². The molecule has 3 aromatic rings. The molecule has 0 spiro atoms. The zero-order valence-electron chi connectivity index (χ0n) is 22.5. The predicted octanol–water partition coefficient (Wildman–Crippen LogP) is 4.08. The summed E-state index contributed by atoms with van der Waals surface area (Å²) < 4.78 is 22.1. The molecule has 2 unspecified atom stereocenters. The lowest BCUT2D eigenvalue weighted by Gasteiger charge is -2.34. The number of nitrogens with one attached hydrogen (secondary N) is 3. The lowest BCUT2D eigenvalue weighted by atomic mass is 9.93. The molecule has 1 aromatic heterocycles. The molecule has 3 heterocycles. The number of anilines is 2. The highest BCUT2D eigenvalue weighted by Crippen LogP contribution is 2.33. The van der Waals surface area contributed by atoms with Crippen LogP contribution >= 0.6 is 0 Å². The normalized spacial score (nSPS) is 18.9. The molecule has 212 valence electrons. The second kappa shape index (κ2) is 12.2. The first-order chi connectivity index (χ1) is 19.3. The fourth-order valence-corrected chi connectivity index (χ4v) is 6.21. The monoisotopic (exact) mass is 565 g/mol. The third kappa shape index (κ3) is 6.53. The number of rotatable bonds is 8. The topological polar surface area (TPSA) is 133 Å². The van der Waals surface area contributed by atoms with Crippen LogP contribution in [0.4, 0.5) is 16.2 Å². The number of carbonyl (C=O) groups is 3. The molecular weight excluding hydrogens is 530 g/mol. The number of nitrogens with zero attached hydrogens (tertiary/aromatic N) is 2. The number of piperidine rings is 2. The van der Waals surface area contributed by atoms with Gasteiger partial charge >= 0.3 is 6.03 Å². The van der Waals surface area contributed by atoms with Crippen LogP contribution in [0.5, 0.6) is 0 Å². The third-order valence-electron chi connectivity index (χ3n) is 7.85. The standard InChI is InChI=1S/C29H35N5O5S/c1-19-17-34(26-7-8-27(35)32-28(26)36)25-6-5-23(16-24(19)25)33-13-10-20(11-14-33)9-12-30-29(37)31-22-4-2-3-21(15-22)18-40(38)39/h2-6,15-17,20,26H,7-14,18H2,1H3,(H,38,39)(H2,30,31,37)(H,32,35,36). The van der Waals surface area contributed by atoms with Gasteiger partial charge in [-0.3, -0.25) is 14.9 Å². The Labute approximate surface area is 235 Å². The smallest absolute Gasteiger partial charge is 0.319 e. The van der Waals surface area contributed by atoms with E-state index in [0.717, 1.165) is 48.8 Å². The molecule has 0 aliphatic carbocycles. The van der Waals surface area contributed by atoms with E-state index < -0.39 is 11.1 Å². The Morgan fingerprint density at radius 3 is 2.67 bits per heavy atom. The van der Waals surface area contributed by atoms with Gasteiger partial charge in [0.1, 0.15) is 6.04 Å². The van der Waals surface area contributed by atoms with Gasteiger partial charge < -0.3 is 24.7 Å². The van der Waals surface area contributed by atoms with Crippen molar-refractivity contribution in [2.24, 2.45) is 5.92 Å². The van der Waals surface area contributed by atoms with Crippen molar-refractivity contribution < 1.29 is 23.1 Å².